The van der Waals surface area contributed by atoms with Crippen LogP contribution in [0.25, 0.3) is 6.08 Å². The van der Waals surface area contributed by atoms with Gasteiger partial charge in [0.15, 0.2) is 0 Å². The summed E-state index contributed by atoms with van der Waals surface area (Å²) in [4.78, 5) is 0. The van der Waals surface area contributed by atoms with E-state index in [0.717, 1.165) is 17.6 Å². The number of sulfonamides is 1. The summed E-state index contributed by atoms with van der Waals surface area (Å²) < 4.78 is 30.3. The summed E-state index contributed by atoms with van der Waals surface area (Å²) in [7, 11) is -1.64. The Morgan fingerprint density at radius 1 is 1.30 bits per heavy atom. The van der Waals surface area contributed by atoms with Crippen LogP contribution in [0, 0.1) is 5.92 Å². The van der Waals surface area contributed by atoms with Gasteiger partial charge in [0.1, 0.15) is 5.75 Å². The number of nitrogens with one attached hydrogen (secondary N) is 1. The van der Waals surface area contributed by atoms with Crippen molar-refractivity contribution in [2.24, 2.45) is 5.92 Å². The first-order valence-corrected chi connectivity index (χ1v) is 8.71. The van der Waals surface area contributed by atoms with E-state index < -0.39 is 10.0 Å². The summed E-state index contributed by atoms with van der Waals surface area (Å²) in [5, 5.41) is 0. The largest absolute Gasteiger partial charge is 0.496 e. The standard InChI is InChI=1S/C15H21NO3S/c1-19-15-10-9-14(16-20(2,17)18)11-13(15)8-7-12-5-3-4-6-12/h7-12,16H,3-6H2,1-2H3. The number of hydrogen-bond acceptors (Lipinski definition) is 3. The fourth-order valence-corrected chi connectivity index (χ4v) is 3.09. The highest BCUT2D eigenvalue weighted by atomic mass is 32.2. The molecule has 0 amide bonds. The molecule has 0 aromatic heterocycles. The molecule has 110 valence electrons. The highest BCUT2D eigenvalue weighted by molar-refractivity contribution is 7.92. The van der Waals surface area contributed by atoms with Gasteiger partial charge in [-0.1, -0.05) is 25.0 Å². The summed E-state index contributed by atoms with van der Waals surface area (Å²) >= 11 is 0. The van der Waals surface area contributed by atoms with E-state index in [4.69, 9.17) is 4.74 Å². The normalized spacial score (nSPS) is 16.7. The van der Waals surface area contributed by atoms with Gasteiger partial charge in [-0.2, -0.15) is 0 Å². The summed E-state index contributed by atoms with van der Waals surface area (Å²) in [5.41, 5.74) is 1.45. The third-order valence-corrected chi connectivity index (χ3v) is 4.09. The topological polar surface area (TPSA) is 55.4 Å². The van der Waals surface area contributed by atoms with Gasteiger partial charge in [0, 0.05) is 11.3 Å². The lowest BCUT2D eigenvalue weighted by Gasteiger charge is -2.09. The maximum absolute atomic E-state index is 11.3. The second-order valence-electron chi connectivity index (χ2n) is 5.23. The van der Waals surface area contributed by atoms with E-state index >= 15 is 0 Å². The average molecular weight is 295 g/mol. The molecule has 0 heterocycles. The fraction of sp³-hybridized carbons (Fsp3) is 0.467. The van der Waals surface area contributed by atoms with Gasteiger partial charge in [-0.25, -0.2) is 8.42 Å². The Labute approximate surface area is 120 Å². The first-order chi connectivity index (χ1) is 9.48. The van der Waals surface area contributed by atoms with Crippen molar-refractivity contribution in [2.75, 3.05) is 18.1 Å². The van der Waals surface area contributed by atoms with Crippen LogP contribution in [-0.4, -0.2) is 21.8 Å². The summed E-state index contributed by atoms with van der Waals surface area (Å²) in [6, 6.07) is 5.28. The molecule has 0 atom stereocenters. The molecule has 0 saturated heterocycles. The van der Waals surface area contributed by atoms with E-state index in [1.54, 1.807) is 25.3 Å². The SMILES string of the molecule is COc1ccc(NS(C)(=O)=O)cc1C=CC1CCCC1. The van der Waals surface area contributed by atoms with Crippen molar-refractivity contribution >= 4 is 21.8 Å². The quantitative estimate of drug-likeness (QED) is 0.907. The Balaban J connectivity index is 2.21. The third kappa shape index (κ3) is 4.27. The van der Waals surface area contributed by atoms with E-state index in [1.165, 1.54) is 25.7 Å². The molecule has 0 radical (unpaired) electrons. The van der Waals surface area contributed by atoms with E-state index in [1.807, 2.05) is 6.08 Å². The van der Waals surface area contributed by atoms with Gasteiger partial charge in [-0.3, -0.25) is 4.72 Å². The smallest absolute Gasteiger partial charge is 0.229 e. The third-order valence-electron chi connectivity index (χ3n) is 3.48. The Hall–Kier alpha value is -1.49. The Bertz CT molecular complexity index is 587. The number of benzene rings is 1. The minimum absolute atomic E-state index is 0.555. The van der Waals surface area contributed by atoms with E-state index in [-0.39, 0.29) is 0 Å². The predicted octanol–water partition coefficient (Wildman–Crippen LogP) is 3.27. The van der Waals surface area contributed by atoms with E-state index in [0.29, 0.717) is 11.6 Å². The van der Waals surface area contributed by atoms with Gasteiger partial charge >= 0.3 is 0 Å². The monoisotopic (exact) mass is 295 g/mol. The number of anilines is 1. The van der Waals surface area contributed by atoms with Gasteiger partial charge in [-0.05, 0) is 37.0 Å². The van der Waals surface area contributed by atoms with Crippen LogP contribution in [0.15, 0.2) is 24.3 Å². The number of hydrogen-bond donors (Lipinski definition) is 1. The van der Waals surface area contributed by atoms with Crippen LogP contribution in [0.5, 0.6) is 5.75 Å². The molecule has 1 aliphatic rings. The first kappa shape index (κ1) is 14.9. The van der Waals surface area contributed by atoms with Crippen molar-refractivity contribution in [3.63, 3.8) is 0 Å². The summed E-state index contributed by atoms with van der Waals surface area (Å²) in [5.74, 6) is 1.38. The Kier molecular flexibility index (Phi) is 4.70. The van der Waals surface area contributed by atoms with Gasteiger partial charge < -0.3 is 4.74 Å². The number of allylic oxidation sites excluding steroid dienone is 1. The van der Waals surface area contributed by atoms with Gasteiger partial charge in [0.2, 0.25) is 10.0 Å². The van der Waals surface area contributed by atoms with Crippen molar-refractivity contribution in [1.82, 2.24) is 0 Å². The molecule has 1 aromatic carbocycles. The van der Waals surface area contributed by atoms with Crippen LogP contribution >= 0.6 is 0 Å². The number of rotatable bonds is 5. The van der Waals surface area contributed by atoms with Crippen molar-refractivity contribution in [3.05, 3.63) is 29.8 Å². The molecule has 0 aliphatic heterocycles. The van der Waals surface area contributed by atoms with Crippen LogP contribution in [0.2, 0.25) is 0 Å². The zero-order chi connectivity index (χ0) is 14.6. The molecule has 1 N–H and O–H groups in total. The maximum atomic E-state index is 11.3. The first-order valence-electron chi connectivity index (χ1n) is 6.82. The van der Waals surface area contributed by atoms with Gasteiger partial charge in [-0.15, -0.1) is 0 Å². The highest BCUT2D eigenvalue weighted by Crippen LogP contribution is 2.29. The van der Waals surface area contributed by atoms with Crippen molar-refractivity contribution < 1.29 is 13.2 Å². The predicted molar refractivity (Wildman–Crippen MR) is 82.5 cm³/mol. The molecule has 1 aromatic rings. The maximum Gasteiger partial charge on any atom is 0.229 e. The fourth-order valence-electron chi connectivity index (χ4n) is 2.53. The zero-order valence-corrected chi connectivity index (χ0v) is 12.7. The number of ether oxygens (including phenoxy) is 1. The second-order valence-corrected chi connectivity index (χ2v) is 6.98. The van der Waals surface area contributed by atoms with Crippen molar-refractivity contribution in [1.29, 1.82) is 0 Å². The molecule has 4 nitrogen and oxygen atoms in total. The van der Waals surface area contributed by atoms with Crippen molar-refractivity contribution in [3.8, 4) is 5.75 Å². The molecule has 20 heavy (non-hydrogen) atoms. The molecule has 2 rings (SSSR count). The molecule has 1 fully saturated rings. The molecule has 0 spiro atoms. The lowest BCUT2D eigenvalue weighted by molar-refractivity contribution is 0.414. The van der Waals surface area contributed by atoms with Crippen molar-refractivity contribution in [2.45, 2.75) is 25.7 Å². The van der Waals surface area contributed by atoms with Crippen LogP contribution < -0.4 is 9.46 Å². The number of methoxy groups -OCH3 is 1. The molecule has 1 aliphatic carbocycles. The van der Waals surface area contributed by atoms with Gasteiger partial charge in [0.05, 0.1) is 13.4 Å². The minimum atomic E-state index is -3.26. The molecular weight excluding hydrogens is 274 g/mol. The van der Waals surface area contributed by atoms with E-state index in [9.17, 15) is 8.42 Å². The van der Waals surface area contributed by atoms with Gasteiger partial charge in [0.25, 0.3) is 0 Å². The molecule has 0 bridgehead atoms. The summed E-state index contributed by atoms with van der Waals surface area (Å²) in [6.07, 6.45) is 10.4. The zero-order valence-electron chi connectivity index (χ0n) is 11.9. The molecule has 5 heteroatoms. The van der Waals surface area contributed by atoms with Crippen LogP contribution in [-0.2, 0) is 10.0 Å². The molecule has 0 unspecified atom stereocenters. The Morgan fingerprint density at radius 3 is 2.60 bits per heavy atom. The molecular formula is C15H21NO3S. The summed E-state index contributed by atoms with van der Waals surface area (Å²) in [6.45, 7) is 0. The lowest BCUT2D eigenvalue weighted by Crippen LogP contribution is -2.09. The Morgan fingerprint density at radius 2 is 2.00 bits per heavy atom. The minimum Gasteiger partial charge on any atom is -0.496 e. The second kappa shape index (κ2) is 6.31. The highest BCUT2D eigenvalue weighted by Gasteiger charge is 2.12. The molecule has 1 saturated carbocycles. The average Bonchev–Trinajstić information content (AvgIpc) is 2.87. The van der Waals surface area contributed by atoms with Crippen LogP contribution in [0.1, 0.15) is 31.2 Å². The lowest BCUT2D eigenvalue weighted by atomic mass is 10.1. The van der Waals surface area contributed by atoms with E-state index in [2.05, 4.69) is 10.8 Å². The van der Waals surface area contributed by atoms with Crippen LogP contribution in [0.3, 0.4) is 0 Å². The van der Waals surface area contributed by atoms with Crippen LogP contribution in [0.4, 0.5) is 5.69 Å².